The van der Waals surface area contributed by atoms with Gasteiger partial charge >= 0.3 is 0 Å². The highest BCUT2D eigenvalue weighted by atomic mass is 35.5. The van der Waals surface area contributed by atoms with Crippen LogP contribution in [0, 0.1) is 0 Å². The molecule has 82 valence electrons. The molecule has 0 amide bonds. The van der Waals surface area contributed by atoms with Crippen LogP contribution >= 0.6 is 35.0 Å². The van der Waals surface area contributed by atoms with Gasteiger partial charge in [0.25, 0.3) is 0 Å². The second-order valence-corrected chi connectivity index (χ2v) is 6.04. The second-order valence-electron chi connectivity index (χ2n) is 3.79. The standard InChI is InChI=1S/C11H12Cl2OS/c1-6-4-10(14)11-7(5-15-6)8(12)2-3-9(11)13/h2-3,6,10,14H,4-5H2,1H3/t6?,10-/m0/s1. The first-order chi connectivity index (χ1) is 7.09. The maximum Gasteiger partial charge on any atom is 0.0818 e. The van der Waals surface area contributed by atoms with Crippen LogP contribution in [0.2, 0.25) is 10.0 Å². The molecular formula is C11H12Cl2OS. The largest absolute Gasteiger partial charge is 0.388 e. The summed E-state index contributed by atoms with van der Waals surface area (Å²) in [6.45, 7) is 2.11. The van der Waals surface area contributed by atoms with Crippen molar-refractivity contribution >= 4 is 35.0 Å². The van der Waals surface area contributed by atoms with Crippen LogP contribution in [0.15, 0.2) is 12.1 Å². The lowest BCUT2D eigenvalue weighted by Crippen LogP contribution is -2.04. The molecule has 4 heteroatoms. The molecule has 0 fully saturated rings. The molecule has 1 aliphatic heterocycles. The number of aliphatic hydroxyl groups is 1. The zero-order valence-electron chi connectivity index (χ0n) is 8.34. The van der Waals surface area contributed by atoms with Crippen molar-refractivity contribution in [3.63, 3.8) is 0 Å². The summed E-state index contributed by atoms with van der Waals surface area (Å²) < 4.78 is 0. The van der Waals surface area contributed by atoms with Gasteiger partial charge in [-0.25, -0.2) is 0 Å². The maximum absolute atomic E-state index is 10.1. The SMILES string of the molecule is CC1C[C@H](O)c2c(Cl)ccc(Cl)c2CS1. The van der Waals surface area contributed by atoms with Crippen LogP contribution in [0.1, 0.15) is 30.6 Å². The van der Waals surface area contributed by atoms with Crippen molar-refractivity contribution < 1.29 is 5.11 Å². The number of fused-ring (bicyclic) bond motifs is 1. The lowest BCUT2D eigenvalue weighted by Gasteiger charge is -2.14. The van der Waals surface area contributed by atoms with Gasteiger partial charge in [0.05, 0.1) is 6.10 Å². The van der Waals surface area contributed by atoms with E-state index in [1.807, 2.05) is 0 Å². The Hall–Kier alpha value is 0.110. The molecule has 1 unspecified atom stereocenters. The van der Waals surface area contributed by atoms with Crippen LogP contribution in [-0.4, -0.2) is 10.4 Å². The minimum atomic E-state index is -0.490. The van der Waals surface area contributed by atoms with E-state index in [4.69, 9.17) is 23.2 Å². The van der Waals surface area contributed by atoms with E-state index in [0.717, 1.165) is 23.3 Å². The fraction of sp³-hybridized carbons (Fsp3) is 0.455. The monoisotopic (exact) mass is 262 g/mol. The molecule has 1 aromatic rings. The van der Waals surface area contributed by atoms with E-state index in [1.54, 1.807) is 23.9 Å². The summed E-state index contributed by atoms with van der Waals surface area (Å²) in [6.07, 6.45) is 0.244. The van der Waals surface area contributed by atoms with Crippen molar-refractivity contribution in [2.45, 2.75) is 30.5 Å². The Kier molecular flexibility index (Phi) is 3.51. The molecule has 1 aromatic carbocycles. The van der Waals surface area contributed by atoms with Gasteiger partial charge < -0.3 is 5.11 Å². The molecule has 0 bridgehead atoms. The first-order valence-electron chi connectivity index (χ1n) is 4.86. The lowest BCUT2D eigenvalue weighted by molar-refractivity contribution is 0.168. The number of halogens is 2. The van der Waals surface area contributed by atoms with E-state index in [-0.39, 0.29) is 0 Å². The van der Waals surface area contributed by atoms with Gasteiger partial charge in [-0.2, -0.15) is 11.8 Å². The van der Waals surface area contributed by atoms with E-state index in [1.165, 1.54) is 0 Å². The molecule has 1 nitrogen and oxygen atoms in total. The van der Waals surface area contributed by atoms with Gasteiger partial charge in [0.1, 0.15) is 0 Å². The highest BCUT2D eigenvalue weighted by molar-refractivity contribution is 7.99. The molecule has 2 atom stereocenters. The van der Waals surface area contributed by atoms with Crippen molar-refractivity contribution in [3.05, 3.63) is 33.3 Å². The molecule has 1 aliphatic rings. The van der Waals surface area contributed by atoms with Crippen molar-refractivity contribution in [1.82, 2.24) is 0 Å². The summed E-state index contributed by atoms with van der Waals surface area (Å²) in [5, 5.41) is 11.8. The van der Waals surface area contributed by atoms with Gasteiger partial charge in [-0.1, -0.05) is 30.1 Å². The topological polar surface area (TPSA) is 20.2 Å². The van der Waals surface area contributed by atoms with Gasteiger partial charge in [-0.3, -0.25) is 0 Å². The van der Waals surface area contributed by atoms with Gasteiger partial charge in [-0.05, 0) is 24.1 Å². The molecule has 0 saturated carbocycles. The summed E-state index contributed by atoms with van der Waals surface area (Å²) in [5.74, 6) is 0.826. The highest BCUT2D eigenvalue weighted by Crippen LogP contribution is 2.41. The van der Waals surface area contributed by atoms with Gasteiger partial charge in [0.15, 0.2) is 0 Å². The average molecular weight is 263 g/mol. The van der Waals surface area contributed by atoms with Crippen molar-refractivity contribution in [1.29, 1.82) is 0 Å². The Morgan fingerprint density at radius 3 is 2.73 bits per heavy atom. The number of aliphatic hydroxyl groups excluding tert-OH is 1. The normalized spacial score (nSPS) is 25.9. The smallest absolute Gasteiger partial charge is 0.0818 e. The van der Waals surface area contributed by atoms with Crippen molar-refractivity contribution in [3.8, 4) is 0 Å². The second kappa shape index (κ2) is 4.54. The first kappa shape index (κ1) is 11.6. The Morgan fingerprint density at radius 2 is 2.00 bits per heavy atom. The molecule has 1 heterocycles. The third-order valence-electron chi connectivity index (χ3n) is 2.65. The molecule has 0 aliphatic carbocycles. The zero-order valence-corrected chi connectivity index (χ0v) is 10.7. The van der Waals surface area contributed by atoms with E-state index < -0.39 is 6.10 Å². The van der Waals surface area contributed by atoms with E-state index in [0.29, 0.717) is 15.3 Å². The zero-order chi connectivity index (χ0) is 11.0. The molecular weight excluding hydrogens is 251 g/mol. The van der Waals surface area contributed by atoms with Gasteiger partial charge in [-0.15, -0.1) is 0 Å². The lowest BCUT2D eigenvalue weighted by atomic mass is 10.0. The molecule has 1 N–H and O–H groups in total. The predicted molar refractivity (Wildman–Crippen MR) is 66.8 cm³/mol. The van der Waals surface area contributed by atoms with Crippen LogP contribution in [0.25, 0.3) is 0 Å². The van der Waals surface area contributed by atoms with E-state index in [9.17, 15) is 5.11 Å². The van der Waals surface area contributed by atoms with Crippen molar-refractivity contribution in [2.75, 3.05) is 0 Å². The van der Waals surface area contributed by atoms with E-state index in [2.05, 4.69) is 6.92 Å². The Bertz CT molecular complexity index is 381. The third-order valence-corrected chi connectivity index (χ3v) is 4.55. The molecule has 0 aromatic heterocycles. The molecule has 15 heavy (non-hydrogen) atoms. The summed E-state index contributed by atoms with van der Waals surface area (Å²) in [5.41, 5.74) is 1.81. The van der Waals surface area contributed by atoms with Crippen LogP contribution in [0.3, 0.4) is 0 Å². The predicted octanol–water partition coefficient (Wildman–Crippen LogP) is 4.05. The Labute approximate surface area is 104 Å². The maximum atomic E-state index is 10.1. The summed E-state index contributed by atoms with van der Waals surface area (Å²) in [4.78, 5) is 0. The highest BCUT2D eigenvalue weighted by Gasteiger charge is 2.24. The first-order valence-corrected chi connectivity index (χ1v) is 6.66. The summed E-state index contributed by atoms with van der Waals surface area (Å²) >= 11 is 14.0. The van der Waals surface area contributed by atoms with Crippen LogP contribution in [-0.2, 0) is 5.75 Å². The van der Waals surface area contributed by atoms with E-state index >= 15 is 0 Å². The number of thioether (sulfide) groups is 1. The number of benzene rings is 1. The third kappa shape index (κ3) is 2.28. The Balaban J connectivity index is 2.52. The quantitative estimate of drug-likeness (QED) is 0.761. The molecule has 0 spiro atoms. The fourth-order valence-electron chi connectivity index (χ4n) is 1.84. The average Bonchev–Trinajstić information content (AvgIpc) is 2.32. The van der Waals surface area contributed by atoms with Crippen LogP contribution < -0.4 is 0 Å². The number of hydrogen-bond donors (Lipinski definition) is 1. The van der Waals surface area contributed by atoms with Gasteiger partial charge in [0.2, 0.25) is 0 Å². The molecule has 0 saturated heterocycles. The minimum Gasteiger partial charge on any atom is -0.388 e. The fourth-order valence-corrected chi connectivity index (χ4v) is 3.54. The van der Waals surface area contributed by atoms with Crippen molar-refractivity contribution in [2.24, 2.45) is 0 Å². The minimum absolute atomic E-state index is 0.430. The number of rotatable bonds is 0. The summed E-state index contributed by atoms with van der Waals surface area (Å²) in [6, 6.07) is 3.55. The van der Waals surface area contributed by atoms with Gasteiger partial charge in [0, 0.05) is 26.6 Å². The molecule has 2 rings (SSSR count). The molecule has 0 radical (unpaired) electrons. The van der Waals surface area contributed by atoms with Crippen LogP contribution in [0.5, 0.6) is 0 Å². The van der Waals surface area contributed by atoms with Crippen LogP contribution in [0.4, 0.5) is 0 Å². The Morgan fingerprint density at radius 1 is 1.33 bits per heavy atom. The summed E-state index contributed by atoms with van der Waals surface area (Å²) in [7, 11) is 0. The number of hydrogen-bond acceptors (Lipinski definition) is 2.